The number of amides is 1. The Kier molecular flexibility index (Phi) is 7.38. The Bertz CT molecular complexity index is 347. The van der Waals surface area contributed by atoms with E-state index in [1.807, 2.05) is 26.1 Å². The monoisotopic (exact) mass is 306 g/mol. The molecule has 1 aromatic rings. The van der Waals surface area contributed by atoms with Gasteiger partial charge >= 0.3 is 0 Å². The quantitative estimate of drug-likeness (QED) is 0.895. The number of nitrogens with one attached hydrogen (secondary N) is 2. The molecule has 3 nitrogen and oxygen atoms in total. The van der Waals surface area contributed by atoms with Crippen LogP contribution < -0.4 is 10.6 Å². The number of rotatable bonds is 4. The highest BCUT2D eigenvalue weighted by molar-refractivity contribution is 9.10. The maximum atomic E-state index is 11.7. The van der Waals surface area contributed by atoms with Gasteiger partial charge in [-0.3, -0.25) is 4.79 Å². The maximum Gasteiger partial charge on any atom is 0.251 e. The van der Waals surface area contributed by atoms with Gasteiger partial charge < -0.3 is 10.6 Å². The highest BCUT2D eigenvalue weighted by atomic mass is 79.9. The predicted octanol–water partition coefficient (Wildman–Crippen LogP) is 2.21. The van der Waals surface area contributed by atoms with Crippen molar-refractivity contribution in [3.8, 4) is 0 Å². The van der Waals surface area contributed by atoms with Crippen molar-refractivity contribution in [3.05, 3.63) is 34.3 Å². The van der Waals surface area contributed by atoms with Gasteiger partial charge in [0, 0.05) is 22.6 Å². The minimum absolute atomic E-state index is 0. The molecular weight excluding hydrogens is 291 g/mol. The van der Waals surface area contributed by atoms with E-state index in [4.69, 9.17) is 0 Å². The maximum absolute atomic E-state index is 11.7. The topological polar surface area (TPSA) is 41.1 Å². The van der Waals surface area contributed by atoms with Crippen molar-refractivity contribution in [2.24, 2.45) is 0 Å². The summed E-state index contributed by atoms with van der Waals surface area (Å²) in [5.74, 6) is -0.0431. The molecule has 1 unspecified atom stereocenters. The number of halogens is 2. The van der Waals surface area contributed by atoms with E-state index in [0.717, 1.165) is 4.47 Å². The molecule has 0 heterocycles. The second kappa shape index (κ2) is 7.65. The average molecular weight is 308 g/mol. The summed E-state index contributed by atoms with van der Waals surface area (Å²) in [5.41, 5.74) is 0.674. The molecule has 1 atom stereocenters. The molecule has 0 aromatic heterocycles. The molecule has 0 saturated carbocycles. The summed E-state index contributed by atoms with van der Waals surface area (Å²) in [6.45, 7) is 2.64. The molecule has 2 N–H and O–H groups in total. The van der Waals surface area contributed by atoms with Gasteiger partial charge in [0.1, 0.15) is 0 Å². The fourth-order valence-electron chi connectivity index (χ4n) is 1.08. The lowest BCUT2D eigenvalue weighted by molar-refractivity contribution is 0.0950. The van der Waals surface area contributed by atoms with Crippen LogP contribution in [0.25, 0.3) is 0 Å². The van der Waals surface area contributed by atoms with Gasteiger partial charge in [-0.1, -0.05) is 22.0 Å². The summed E-state index contributed by atoms with van der Waals surface area (Å²) >= 11 is 3.33. The minimum atomic E-state index is -0.0431. The predicted molar refractivity (Wildman–Crippen MR) is 72.2 cm³/mol. The van der Waals surface area contributed by atoms with E-state index in [1.165, 1.54) is 0 Å². The zero-order chi connectivity index (χ0) is 11.3. The molecular formula is C11H16BrClN2O. The lowest BCUT2D eigenvalue weighted by atomic mass is 10.2. The molecule has 0 aliphatic rings. The second-order valence-corrected chi connectivity index (χ2v) is 4.33. The van der Waals surface area contributed by atoms with Gasteiger partial charge in [-0.25, -0.2) is 0 Å². The molecule has 0 fully saturated rings. The number of benzene rings is 1. The van der Waals surface area contributed by atoms with Crippen LogP contribution in [0.15, 0.2) is 28.7 Å². The number of carbonyl (C=O) groups excluding carboxylic acids is 1. The van der Waals surface area contributed by atoms with Crippen LogP contribution >= 0.6 is 28.3 Å². The third-order valence-corrected chi connectivity index (χ3v) is 2.64. The molecule has 1 rings (SSSR count). The normalized spacial score (nSPS) is 11.4. The van der Waals surface area contributed by atoms with Gasteiger partial charge in [0.2, 0.25) is 0 Å². The largest absolute Gasteiger partial charge is 0.350 e. The zero-order valence-electron chi connectivity index (χ0n) is 9.29. The van der Waals surface area contributed by atoms with Crippen molar-refractivity contribution in [2.75, 3.05) is 13.6 Å². The molecule has 0 spiro atoms. The Balaban J connectivity index is 0.00000225. The highest BCUT2D eigenvalue weighted by Crippen LogP contribution is 2.11. The molecule has 1 amide bonds. The van der Waals surface area contributed by atoms with Crippen LogP contribution in [0.1, 0.15) is 17.3 Å². The van der Waals surface area contributed by atoms with Gasteiger partial charge in [-0.15, -0.1) is 12.4 Å². The Morgan fingerprint density at radius 2 is 2.19 bits per heavy atom. The van der Waals surface area contributed by atoms with Crippen molar-refractivity contribution in [1.82, 2.24) is 10.6 Å². The van der Waals surface area contributed by atoms with Gasteiger partial charge in [0.05, 0.1) is 0 Å². The first-order chi connectivity index (χ1) is 7.13. The highest BCUT2D eigenvalue weighted by Gasteiger charge is 2.06. The van der Waals surface area contributed by atoms with Gasteiger partial charge in [0.15, 0.2) is 0 Å². The zero-order valence-corrected chi connectivity index (χ0v) is 11.7. The third kappa shape index (κ3) is 4.96. The second-order valence-electron chi connectivity index (χ2n) is 3.41. The van der Waals surface area contributed by atoms with Crippen LogP contribution in [-0.4, -0.2) is 25.5 Å². The first kappa shape index (κ1) is 15.4. The van der Waals surface area contributed by atoms with Gasteiger partial charge in [-0.2, -0.15) is 0 Å². The van der Waals surface area contributed by atoms with Gasteiger partial charge in [0.25, 0.3) is 5.91 Å². The Morgan fingerprint density at radius 3 is 2.75 bits per heavy atom. The Morgan fingerprint density at radius 1 is 1.50 bits per heavy atom. The molecule has 90 valence electrons. The van der Waals surface area contributed by atoms with E-state index < -0.39 is 0 Å². The van der Waals surface area contributed by atoms with E-state index >= 15 is 0 Å². The average Bonchev–Trinajstić information content (AvgIpc) is 2.25. The Labute approximate surface area is 111 Å². The summed E-state index contributed by atoms with van der Waals surface area (Å²) in [5, 5.41) is 5.91. The van der Waals surface area contributed by atoms with Crippen molar-refractivity contribution < 1.29 is 4.79 Å². The molecule has 0 radical (unpaired) electrons. The summed E-state index contributed by atoms with van der Waals surface area (Å²) in [6.07, 6.45) is 0. The summed E-state index contributed by atoms with van der Waals surface area (Å²) < 4.78 is 0.914. The van der Waals surface area contributed by atoms with Crippen LogP contribution in [0.2, 0.25) is 0 Å². The van der Waals surface area contributed by atoms with E-state index in [2.05, 4.69) is 26.6 Å². The first-order valence-electron chi connectivity index (χ1n) is 4.84. The fourth-order valence-corrected chi connectivity index (χ4v) is 1.48. The van der Waals surface area contributed by atoms with Crippen molar-refractivity contribution in [2.45, 2.75) is 13.0 Å². The van der Waals surface area contributed by atoms with Crippen molar-refractivity contribution >= 4 is 34.2 Å². The summed E-state index contributed by atoms with van der Waals surface area (Å²) in [7, 11) is 1.87. The molecule has 5 heteroatoms. The standard InChI is InChI=1S/C11H15BrN2O.ClH/c1-8(13-2)7-14-11(15)9-4-3-5-10(12)6-9;/h3-6,8,13H,7H2,1-2H3,(H,14,15);1H. The molecule has 0 bridgehead atoms. The van der Waals surface area contributed by atoms with Crippen molar-refractivity contribution in [1.29, 1.82) is 0 Å². The van der Waals surface area contributed by atoms with Crippen LogP contribution in [-0.2, 0) is 0 Å². The first-order valence-corrected chi connectivity index (χ1v) is 5.64. The van der Waals surface area contributed by atoms with Crippen LogP contribution in [0.5, 0.6) is 0 Å². The van der Waals surface area contributed by atoms with Gasteiger partial charge in [-0.05, 0) is 32.2 Å². The summed E-state index contributed by atoms with van der Waals surface area (Å²) in [4.78, 5) is 11.7. The fraction of sp³-hybridized carbons (Fsp3) is 0.364. The Hall–Kier alpha value is -0.580. The number of hydrogen-bond donors (Lipinski definition) is 2. The van der Waals surface area contributed by atoms with Crippen LogP contribution in [0.3, 0.4) is 0 Å². The van der Waals surface area contributed by atoms with Crippen molar-refractivity contribution in [3.63, 3.8) is 0 Å². The number of carbonyl (C=O) groups is 1. The van der Waals surface area contributed by atoms with E-state index in [1.54, 1.807) is 12.1 Å². The SMILES string of the molecule is CNC(C)CNC(=O)c1cccc(Br)c1.Cl. The lowest BCUT2D eigenvalue weighted by Gasteiger charge is -2.11. The molecule has 16 heavy (non-hydrogen) atoms. The third-order valence-electron chi connectivity index (χ3n) is 2.15. The van der Waals surface area contributed by atoms with Crippen LogP contribution in [0, 0.1) is 0 Å². The lowest BCUT2D eigenvalue weighted by Crippen LogP contribution is -2.37. The molecule has 0 saturated heterocycles. The van der Waals surface area contributed by atoms with E-state index in [0.29, 0.717) is 12.1 Å². The molecule has 1 aromatic carbocycles. The van der Waals surface area contributed by atoms with E-state index in [9.17, 15) is 4.79 Å². The summed E-state index contributed by atoms with van der Waals surface area (Å²) in [6, 6.07) is 7.62. The number of hydrogen-bond acceptors (Lipinski definition) is 2. The minimum Gasteiger partial charge on any atom is -0.350 e. The smallest absolute Gasteiger partial charge is 0.251 e. The molecule has 0 aliphatic carbocycles. The van der Waals surface area contributed by atoms with Crippen LogP contribution in [0.4, 0.5) is 0 Å². The number of likely N-dealkylation sites (N-methyl/N-ethyl adjacent to an activating group) is 1. The van der Waals surface area contributed by atoms with E-state index in [-0.39, 0.29) is 24.4 Å². The molecule has 0 aliphatic heterocycles.